The van der Waals surface area contributed by atoms with Gasteiger partial charge in [0.25, 0.3) is 0 Å². The SMILES string of the molecule is N#Cc1ccc(-c2cc(-c3ccccc3)nc(-c3cccc(-n4c5ccccc5c5c6c7ccccc7n(-c7ccccc7)c6ccc54)n3)n2)cc1. The Morgan fingerprint density at radius 3 is 1.63 bits per heavy atom. The number of hydrogen-bond donors (Lipinski definition) is 0. The lowest BCUT2D eigenvalue weighted by Crippen LogP contribution is -2.01. The molecule has 52 heavy (non-hydrogen) atoms. The largest absolute Gasteiger partial charge is 0.309 e. The Bertz CT molecular complexity index is 3010. The van der Waals surface area contributed by atoms with Crippen LogP contribution in [0.1, 0.15) is 5.56 Å². The Morgan fingerprint density at radius 2 is 0.981 bits per heavy atom. The second-order valence-corrected chi connectivity index (χ2v) is 12.8. The molecule has 0 aliphatic rings. The monoisotopic (exact) mass is 664 g/mol. The molecule has 0 spiro atoms. The van der Waals surface area contributed by atoms with Crippen molar-refractivity contribution in [2.45, 2.75) is 0 Å². The number of rotatable bonds is 5. The van der Waals surface area contributed by atoms with E-state index in [9.17, 15) is 5.26 Å². The molecule has 10 rings (SSSR count). The van der Waals surface area contributed by atoms with Gasteiger partial charge in [-0.3, -0.25) is 4.57 Å². The molecular weight excluding hydrogens is 637 g/mol. The Kier molecular flexibility index (Phi) is 6.76. The maximum absolute atomic E-state index is 9.38. The first kappa shape index (κ1) is 29.5. The van der Waals surface area contributed by atoms with E-state index < -0.39 is 0 Å². The lowest BCUT2D eigenvalue weighted by molar-refractivity contribution is 1.06. The molecule has 0 bridgehead atoms. The van der Waals surface area contributed by atoms with Crippen molar-refractivity contribution in [2.75, 3.05) is 0 Å². The van der Waals surface area contributed by atoms with Crippen molar-refractivity contribution >= 4 is 43.6 Å². The zero-order valence-electron chi connectivity index (χ0n) is 27.8. The number of para-hydroxylation sites is 3. The maximum atomic E-state index is 9.38. The topological polar surface area (TPSA) is 72.3 Å². The van der Waals surface area contributed by atoms with Crippen LogP contribution in [0.3, 0.4) is 0 Å². The fraction of sp³-hybridized carbons (Fsp3) is 0. The Balaban J connectivity index is 1.20. The van der Waals surface area contributed by atoms with Crippen LogP contribution in [-0.4, -0.2) is 24.1 Å². The molecule has 4 heterocycles. The van der Waals surface area contributed by atoms with Crippen molar-refractivity contribution in [3.8, 4) is 51.6 Å². The Hall–Kier alpha value is -7.36. The quantitative estimate of drug-likeness (QED) is 0.184. The van der Waals surface area contributed by atoms with Crippen molar-refractivity contribution in [3.63, 3.8) is 0 Å². The van der Waals surface area contributed by atoms with E-state index in [1.807, 2.05) is 72.8 Å². The molecule has 0 amide bonds. The van der Waals surface area contributed by atoms with E-state index in [1.54, 1.807) is 0 Å². The summed E-state index contributed by atoms with van der Waals surface area (Å²) in [5, 5.41) is 14.2. The van der Waals surface area contributed by atoms with Gasteiger partial charge in [0.15, 0.2) is 5.82 Å². The fourth-order valence-electron chi connectivity index (χ4n) is 7.47. The van der Waals surface area contributed by atoms with Crippen LogP contribution in [0, 0.1) is 11.3 Å². The summed E-state index contributed by atoms with van der Waals surface area (Å²) in [7, 11) is 0. The van der Waals surface area contributed by atoms with Crippen LogP contribution in [-0.2, 0) is 0 Å². The first-order chi connectivity index (χ1) is 25.7. The molecule has 0 atom stereocenters. The number of fused-ring (bicyclic) bond motifs is 7. The van der Waals surface area contributed by atoms with Gasteiger partial charge in [-0.05, 0) is 66.7 Å². The van der Waals surface area contributed by atoms with Crippen LogP contribution in [0.5, 0.6) is 0 Å². The molecule has 6 aromatic carbocycles. The van der Waals surface area contributed by atoms with E-state index in [0.29, 0.717) is 17.1 Å². The molecule has 10 aromatic rings. The summed E-state index contributed by atoms with van der Waals surface area (Å²) in [5.41, 5.74) is 10.3. The summed E-state index contributed by atoms with van der Waals surface area (Å²) < 4.78 is 4.61. The number of nitrogens with zero attached hydrogens (tertiary/aromatic N) is 6. The maximum Gasteiger partial charge on any atom is 0.179 e. The van der Waals surface area contributed by atoms with Crippen molar-refractivity contribution in [2.24, 2.45) is 0 Å². The number of pyridine rings is 1. The second-order valence-electron chi connectivity index (χ2n) is 12.8. The van der Waals surface area contributed by atoms with Gasteiger partial charge in [-0.1, -0.05) is 103 Å². The third-order valence-electron chi connectivity index (χ3n) is 9.78. The van der Waals surface area contributed by atoms with Gasteiger partial charge in [0.1, 0.15) is 11.5 Å². The van der Waals surface area contributed by atoms with Crippen LogP contribution in [0.15, 0.2) is 170 Å². The van der Waals surface area contributed by atoms with Gasteiger partial charge < -0.3 is 4.57 Å². The number of aromatic nitrogens is 5. The standard InChI is InChI=1S/C46H28N6/c47-29-30-22-24-32(25-23-30)38-28-37(31-12-3-1-4-13-31)49-46(50-38)36-18-11-21-43(48-36)52-40-20-10-8-17-35(40)45-42(52)27-26-41-44(45)34-16-7-9-19-39(34)51(41)33-14-5-2-6-15-33/h1-28H. The van der Waals surface area contributed by atoms with E-state index in [-0.39, 0.29) is 0 Å². The molecule has 0 fully saturated rings. The van der Waals surface area contributed by atoms with Gasteiger partial charge in [-0.25, -0.2) is 15.0 Å². The normalized spacial score (nSPS) is 11.4. The summed E-state index contributed by atoms with van der Waals surface area (Å²) in [5.74, 6) is 1.31. The van der Waals surface area contributed by atoms with Crippen molar-refractivity contribution in [3.05, 3.63) is 175 Å². The van der Waals surface area contributed by atoms with Crippen LogP contribution in [0.4, 0.5) is 0 Å². The predicted octanol–water partition coefficient (Wildman–Crippen LogP) is 10.9. The third kappa shape index (κ3) is 4.68. The minimum absolute atomic E-state index is 0.525. The highest BCUT2D eigenvalue weighted by Gasteiger charge is 2.21. The Labute approximate surface area is 299 Å². The van der Waals surface area contributed by atoms with Gasteiger partial charge >= 0.3 is 0 Å². The molecular formula is C46H28N6. The van der Waals surface area contributed by atoms with E-state index in [4.69, 9.17) is 15.0 Å². The molecule has 0 aliphatic heterocycles. The fourth-order valence-corrected chi connectivity index (χ4v) is 7.47. The molecule has 0 aliphatic carbocycles. The smallest absolute Gasteiger partial charge is 0.179 e. The van der Waals surface area contributed by atoms with Gasteiger partial charge in [0.05, 0.1) is 45.1 Å². The molecule has 6 nitrogen and oxygen atoms in total. The highest BCUT2D eigenvalue weighted by Crippen LogP contribution is 2.42. The van der Waals surface area contributed by atoms with Gasteiger partial charge in [-0.15, -0.1) is 0 Å². The van der Waals surface area contributed by atoms with Crippen LogP contribution < -0.4 is 0 Å². The second kappa shape index (κ2) is 11.9. The lowest BCUT2D eigenvalue weighted by atomic mass is 10.1. The van der Waals surface area contributed by atoms with E-state index in [2.05, 4.69) is 112 Å². The average Bonchev–Trinajstić information content (AvgIpc) is 3.74. The van der Waals surface area contributed by atoms with Crippen LogP contribution >= 0.6 is 0 Å². The van der Waals surface area contributed by atoms with Crippen LogP contribution in [0.2, 0.25) is 0 Å². The minimum atomic E-state index is 0.525. The van der Waals surface area contributed by atoms with Crippen LogP contribution in [0.25, 0.3) is 89.2 Å². The molecule has 0 N–H and O–H groups in total. The molecule has 4 aromatic heterocycles. The van der Waals surface area contributed by atoms with Crippen molar-refractivity contribution < 1.29 is 0 Å². The van der Waals surface area contributed by atoms with Gasteiger partial charge in [-0.2, -0.15) is 5.26 Å². The summed E-state index contributed by atoms with van der Waals surface area (Å²) >= 11 is 0. The summed E-state index contributed by atoms with van der Waals surface area (Å²) in [4.78, 5) is 15.4. The van der Waals surface area contributed by atoms with Crippen molar-refractivity contribution in [1.29, 1.82) is 5.26 Å². The molecule has 0 saturated heterocycles. The van der Waals surface area contributed by atoms with Gasteiger partial charge in [0.2, 0.25) is 0 Å². The third-order valence-corrected chi connectivity index (χ3v) is 9.78. The van der Waals surface area contributed by atoms with Crippen molar-refractivity contribution in [1.82, 2.24) is 24.1 Å². The summed E-state index contributed by atoms with van der Waals surface area (Å²) in [6.45, 7) is 0. The van der Waals surface area contributed by atoms with E-state index in [1.165, 1.54) is 21.7 Å². The lowest BCUT2D eigenvalue weighted by Gasteiger charge is -2.11. The first-order valence-electron chi connectivity index (χ1n) is 17.2. The summed E-state index contributed by atoms with van der Waals surface area (Å²) in [6.07, 6.45) is 0. The van der Waals surface area contributed by atoms with E-state index >= 15 is 0 Å². The highest BCUT2D eigenvalue weighted by atomic mass is 15.1. The van der Waals surface area contributed by atoms with E-state index in [0.717, 1.165) is 56.0 Å². The minimum Gasteiger partial charge on any atom is -0.309 e. The number of nitriles is 1. The number of hydrogen-bond acceptors (Lipinski definition) is 4. The molecule has 6 heteroatoms. The Morgan fingerprint density at radius 1 is 0.423 bits per heavy atom. The molecule has 0 radical (unpaired) electrons. The predicted molar refractivity (Wildman–Crippen MR) is 210 cm³/mol. The average molecular weight is 665 g/mol. The number of benzene rings is 6. The molecule has 0 unspecified atom stereocenters. The zero-order chi connectivity index (χ0) is 34.6. The zero-order valence-corrected chi connectivity index (χ0v) is 27.8. The first-order valence-corrected chi connectivity index (χ1v) is 17.2. The molecule has 0 saturated carbocycles. The summed E-state index contributed by atoms with van der Waals surface area (Å²) in [6, 6.07) is 60.1. The molecule has 242 valence electrons. The highest BCUT2D eigenvalue weighted by molar-refractivity contribution is 6.28. The van der Waals surface area contributed by atoms with Gasteiger partial charge in [0, 0.05) is 38.4 Å².